The van der Waals surface area contributed by atoms with Crippen LogP contribution in [0.2, 0.25) is 10.0 Å². The molecule has 3 rings (SSSR count). The van der Waals surface area contributed by atoms with Crippen LogP contribution < -0.4 is 0 Å². The van der Waals surface area contributed by atoms with Gasteiger partial charge in [-0.1, -0.05) is 64.8 Å². The minimum Gasteiger partial charge on any atom is -0.287 e. The van der Waals surface area contributed by atoms with E-state index in [9.17, 15) is 4.79 Å². The van der Waals surface area contributed by atoms with E-state index in [1.165, 1.54) is 10.8 Å². The van der Waals surface area contributed by atoms with E-state index in [1.54, 1.807) is 31.2 Å². The lowest BCUT2D eigenvalue weighted by atomic mass is 10.1. The summed E-state index contributed by atoms with van der Waals surface area (Å²) in [6.07, 6.45) is 3.23. The Labute approximate surface area is 149 Å². The molecule has 0 saturated heterocycles. The summed E-state index contributed by atoms with van der Waals surface area (Å²) >= 11 is 12.2. The number of allylic oxidation sites excluding steroid dienone is 1. The summed E-state index contributed by atoms with van der Waals surface area (Å²) in [5.41, 5.74) is 2.40. The van der Waals surface area contributed by atoms with Crippen molar-refractivity contribution in [3.8, 4) is 5.69 Å². The third-order valence-electron chi connectivity index (χ3n) is 3.49. The number of hydrogen-bond acceptors (Lipinski definition) is 3. The SMILES string of the molecule is Cc1c(C(=O)/C=C/c2ccccc2)nnn1-c1cc(Cl)ccc1Cl. The van der Waals surface area contributed by atoms with Crippen LogP contribution in [0.4, 0.5) is 0 Å². The molecule has 0 unspecified atom stereocenters. The fourth-order valence-electron chi connectivity index (χ4n) is 2.25. The molecule has 0 aliphatic rings. The summed E-state index contributed by atoms with van der Waals surface area (Å²) in [5.74, 6) is -0.222. The number of carbonyl (C=O) groups excluding carboxylic acids is 1. The third kappa shape index (κ3) is 3.40. The number of ketones is 1. The minimum atomic E-state index is -0.222. The van der Waals surface area contributed by atoms with Crippen LogP contribution in [0.3, 0.4) is 0 Å². The number of benzene rings is 2. The van der Waals surface area contributed by atoms with Crippen molar-refractivity contribution in [3.05, 3.63) is 81.6 Å². The van der Waals surface area contributed by atoms with Gasteiger partial charge in [-0.2, -0.15) is 0 Å². The Morgan fingerprint density at radius 2 is 1.88 bits per heavy atom. The molecule has 120 valence electrons. The summed E-state index contributed by atoms with van der Waals surface area (Å²) in [6.45, 7) is 1.76. The fourth-order valence-corrected chi connectivity index (χ4v) is 2.61. The summed E-state index contributed by atoms with van der Waals surface area (Å²) in [6, 6.07) is 14.6. The van der Waals surface area contributed by atoms with Crippen LogP contribution in [0.1, 0.15) is 21.7 Å². The quantitative estimate of drug-likeness (QED) is 0.498. The molecular formula is C18H13Cl2N3O. The predicted molar refractivity (Wildman–Crippen MR) is 95.9 cm³/mol. The molecule has 0 spiro atoms. The smallest absolute Gasteiger partial charge is 0.208 e. The van der Waals surface area contributed by atoms with Gasteiger partial charge in [-0.3, -0.25) is 4.79 Å². The zero-order valence-corrected chi connectivity index (χ0v) is 14.3. The van der Waals surface area contributed by atoms with Crippen molar-refractivity contribution in [2.45, 2.75) is 6.92 Å². The first-order valence-electron chi connectivity index (χ1n) is 7.21. The van der Waals surface area contributed by atoms with Crippen molar-refractivity contribution in [3.63, 3.8) is 0 Å². The van der Waals surface area contributed by atoms with Gasteiger partial charge >= 0.3 is 0 Å². The molecule has 0 aliphatic heterocycles. The molecule has 4 nitrogen and oxygen atoms in total. The largest absolute Gasteiger partial charge is 0.287 e. The van der Waals surface area contributed by atoms with Gasteiger partial charge in [0.1, 0.15) is 0 Å². The highest BCUT2D eigenvalue weighted by Gasteiger charge is 2.17. The summed E-state index contributed by atoms with van der Waals surface area (Å²) < 4.78 is 1.51. The molecule has 0 radical (unpaired) electrons. The molecule has 0 saturated carbocycles. The van der Waals surface area contributed by atoms with Crippen LogP contribution in [-0.4, -0.2) is 20.8 Å². The van der Waals surface area contributed by atoms with E-state index in [2.05, 4.69) is 10.3 Å². The Hall–Kier alpha value is -2.43. The molecule has 0 amide bonds. The lowest BCUT2D eigenvalue weighted by molar-refractivity contribution is 0.104. The molecule has 2 aromatic carbocycles. The van der Waals surface area contributed by atoms with Gasteiger partial charge < -0.3 is 0 Å². The van der Waals surface area contributed by atoms with E-state index in [0.717, 1.165) is 5.56 Å². The first kappa shape index (κ1) is 16.4. The number of halogens is 2. The minimum absolute atomic E-state index is 0.222. The van der Waals surface area contributed by atoms with Crippen LogP contribution in [0.15, 0.2) is 54.6 Å². The highest BCUT2D eigenvalue weighted by atomic mass is 35.5. The highest BCUT2D eigenvalue weighted by Crippen LogP contribution is 2.25. The van der Waals surface area contributed by atoms with Crippen LogP contribution in [0.25, 0.3) is 11.8 Å². The molecule has 3 aromatic rings. The van der Waals surface area contributed by atoms with Gasteiger partial charge in [0.05, 0.1) is 16.4 Å². The number of aromatic nitrogens is 3. The summed E-state index contributed by atoms with van der Waals surface area (Å²) in [5, 5.41) is 9.03. The predicted octanol–water partition coefficient (Wildman–Crippen LogP) is 4.78. The maximum absolute atomic E-state index is 12.4. The van der Waals surface area contributed by atoms with Crippen LogP contribution in [0.5, 0.6) is 0 Å². The van der Waals surface area contributed by atoms with E-state index in [-0.39, 0.29) is 11.5 Å². The number of hydrogen-bond donors (Lipinski definition) is 0. The lowest BCUT2D eigenvalue weighted by Gasteiger charge is -2.06. The van der Waals surface area contributed by atoms with Crippen molar-refractivity contribution < 1.29 is 4.79 Å². The second kappa shape index (κ2) is 6.99. The van der Waals surface area contributed by atoms with Crippen LogP contribution in [0, 0.1) is 6.92 Å². The Balaban J connectivity index is 1.91. The molecule has 0 bridgehead atoms. The number of nitrogens with zero attached hydrogens (tertiary/aromatic N) is 3. The normalized spacial score (nSPS) is 11.1. The van der Waals surface area contributed by atoms with Crippen molar-refractivity contribution in [1.82, 2.24) is 15.0 Å². The van der Waals surface area contributed by atoms with Gasteiger partial charge in [0.2, 0.25) is 5.78 Å². The van der Waals surface area contributed by atoms with Gasteiger partial charge in [-0.25, -0.2) is 4.68 Å². The van der Waals surface area contributed by atoms with Gasteiger partial charge in [0.25, 0.3) is 0 Å². The molecule has 0 N–H and O–H groups in total. The molecule has 6 heteroatoms. The summed E-state index contributed by atoms with van der Waals surface area (Å²) in [4.78, 5) is 12.4. The topological polar surface area (TPSA) is 47.8 Å². The number of rotatable bonds is 4. The lowest BCUT2D eigenvalue weighted by Crippen LogP contribution is -2.02. The maximum Gasteiger partial charge on any atom is 0.208 e. The Bertz CT molecular complexity index is 917. The van der Waals surface area contributed by atoms with Gasteiger partial charge in [0.15, 0.2) is 5.69 Å². The molecule has 24 heavy (non-hydrogen) atoms. The summed E-state index contributed by atoms with van der Waals surface area (Å²) in [7, 11) is 0. The molecule has 0 atom stereocenters. The molecule has 1 aromatic heterocycles. The zero-order chi connectivity index (χ0) is 17.1. The maximum atomic E-state index is 12.4. The Morgan fingerprint density at radius 1 is 1.12 bits per heavy atom. The monoisotopic (exact) mass is 357 g/mol. The molecular weight excluding hydrogens is 345 g/mol. The molecule has 0 fully saturated rings. The van der Waals surface area contributed by atoms with E-state index < -0.39 is 0 Å². The van der Waals surface area contributed by atoms with E-state index >= 15 is 0 Å². The van der Waals surface area contributed by atoms with Crippen LogP contribution >= 0.6 is 23.2 Å². The van der Waals surface area contributed by atoms with Gasteiger partial charge in [-0.15, -0.1) is 5.10 Å². The van der Waals surface area contributed by atoms with Gasteiger partial charge in [0, 0.05) is 5.02 Å². The van der Waals surface area contributed by atoms with Crippen molar-refractivity contribution in [2.75, 3.05) is 0 Å². The second-order valence-corrected chi connectivity index (χ2v) is 5.98. The first-order chi connectivity index (χ1) is 11.6. The van der Waals surface area contributed by atoms with Crippen molar-refractivity contribution >= 4 is 35.1 Å². The van der Waals surface area contributed by atoms with E-state index in [4.69, 9.17) is 23.2 Å². The molecule has 1 heterocycles. The average Bonchev–Trinajstić information content (AvgIpc) is 2.97. The average molecular weight is 358 g/mol. The van der Waals surface area contributed by atoms with Gasteiger partial charge in [-0.05, 0) is 36.8 Å². The zero-order valence-electron chi connectivity index (χ0n) is 12.8. The van der Waals surface area contributed by atoms with Crippen molar-refractivity contribution in [1.29, 1.82) is 0 Å². The third-order valence-corrected chi connectivity index (χ3v) is 4.05. The van der Waals surface area contributed by atoms with E-state index in [1.807, 2.05) is 30.3 Å². The highest BCUT2D eigenvalue weighted by molar-refractivity contribution is 6.34. The molecule has 0 aliphatic carbocycles. The van der Waals surface area contributed by atoms with Crippen molar-refractivity contribution in [2.24, 2.45) is 0 Å². The first-order valence-corrected chi connectivity index (χ1v) is 7.97. The fraction of sp³-hybridized carbons (Fsp3) is 0.0556. The Morgan fingerprint density at radius 3 is 2.62 bits per heavy atom. The Kier molecular flexibility index (Phi) is 4.79. The number of carbonyl (C=O) groups is 1. The standard InChI is InChI=1S/C18H13Cl2N3O/c1-12-18(17(24)10-7-13-5-3-2-4-6-13)21-22-23(12)16-11-14(19)8-9-15(16)20/h2-11H,1H3/b10-7+. The van der Waals surface area contributed by atoms with Crippen LogP contribution in [-0.2, 0) is 0 Å². The second-order valence-electron chi connectivity index (χ2n) is 5.14. The van der Waals surface area contributed by atoms with E-state index in [0.29, 0.717) is 21.4 Å².